The zero-order chi connectivity index (χ0) is 19.3. The van der Waals surface area contributed by atoms with Crippen molar-refractivity contribution in [2.45, 2.75) is 25.8 Å². The van der Waals surface area contributed by atoms with E-state index in [1.807, 2.05) is 25.4 Å². The Morgan fingerprint density at radius 2 is 2.00 bits per heavy atom. The molecule has 1 N–H and O–H groups in total. The number of halogens is 2. The molecule has 0 aliphatic carbocycles. The van der Waals surface area contributed by atoms with Gasteiger partial charge >= 0.3 is 0 Å². The summed E-state index contributed by atoms with van der Waals surface area (Å²) < 4.78 is 17.2. The van der Waals surface area contributed by atoms with E-state index in [9.17, 15) is 4.39 Å². The standard InChI is InChI=1S/C20H21FN6S.ClH/c1-12-10-27-11-13(7-15(21)19(27)24-12)16-8-18-17(9-23-16)25-20(28-18)26(2)14-3-5-22-6-4-14;/h7-11,14,22H,3-6H2,1-2H3;1H. The molecule has 6 nitrogen and oxygen atoms in total. The van der Waals surface area contributed by atoms with Crippen LogP contribution in [0.25, 0.3) is 27.1 Å². The minimum Gasteiger partial charge on any atom is -0.348 e. The monoisotopic (exact) mass is 432 g/mol. The van der Waals surface area contributed by atoms with Gasteiger partial charge in [0.05, 0.1) is 22.3 Å². The van der Waals surface area contributed by atoms with Gasteiger partial charge in [-0.2, -0.15) is 0 Å². The fourth-order valence-corrected chi connectivity index (χ4v) is 4.81. The highest BCUT2D eigenvalue weighted by Crippen LogP contribution is 2.32. The summed E-state index contributed by atoms with van der Waals surface area (Å²) in [6.07, 6.45) is 7.72. The molecule has 4 aromatic heterocycles. The fraction of sp³-hybridized carbons (Fsp3) is 0.350. The Labute approximate surface area is 178 Å². The molecule has 29 heavy (non-hydrogen) atoms. The molecule has 1 saturated heterocycles. The Morgan fingerprint density at radius 3 is 2.79 bits per heavy atom. The number of pyridine rings is 2. The maximum absolute atomic E-state index is 14.4. The number of nitrogens with one attached hydrogen (secondary N) is 1. The Morgan fingerprint density at radius 1 is 1.21 bits per heavy atom. The molecule has 4 aromatic rings. The Balaban J connectivity index is 0.00000205. The summed E-state index contributed by atoms with van der Waals surface area (Å²) in [6.45, 7) is 3.95. The Kier molecular flexibility index (Phi) is 5.42. The van der Waals surface area contributed by atoms with Gasteiger partial charge in [-0.15, -0.1) is 12.4 Å². The number of rotatable bonds is 3. The average molecular weight is 433 g/mol. The largest absolute Gasteiger partial charge is 0.348 e. The Hall–Kier alpha value is -2.29. The quantitative estimate of drug-likeness (QED) is 0.529. The normalized spacial score (nSPS) is 15.0. The molecule has 1 aliphatic rings. The van der Waals surface area contributed by atoms with Gasteiger partial charge < -0.3 is 14.6 Å². The van der Waals surface area contributed by atoms with E-state index < -0.39 is 0 Å². The number of fused-ring (bicyclic) bond motifs is 2. The molecule has 5 rings (SSSR count). The van der Waals surface area contributed by atoms with E-state index in [1.54, 1.807) is 21.9 Å². The van der Waals surface area contributed by atoms with E-state index in [1.165, 1.54) is 6.07 Å². The van der Waals surface area contributed by atoms with Crippen LogP contribution < -0.4 is 10.2 Å². The zero-order valence-electron chi connectivity index (χ0n) is 16.2. The van der Waals surface area contributed by atoms with E-state index in [-0.39, 0.29) is 18.2 Å². The number of nitrogens with zero attached hydrogens (tertiary/aromatic N) is 5. The van der Waals surface area contributed by atoms with E-state index in [0.29, 0.717) is 11.7 Å². The van der Waals surface area contributed by atoms with Gasteiger partial charge in [0.2, 0.25) is 0 Å². The summed E-state index contributed by atoms with van der Waals surface area (Å²) in [6, 6.07) is 4.01. The molecule has 0 bridgehead atoms. The minimum absolute atomic E-state index is 0. The summed E-state index contributed by atoms with van der Waals surface area (Å²) >= 11 is 1.66. The van der Waals surface area contributed by atoms with E-state index in [0.717, 1.165) is 58.2 Å². The molecule has 1 aliphatic heterocycles. The molecule has 0 spiro atoms. The molecule has 0 aromatic carbocycles. The lowest BCUT2D eigenvalue weighted by Gasteiger charge is -2.31. The van der Waals surface area contributed by atoms with Crippen LogP contribution >= 0.6 is 23.7 Å². The van der Waals surface area contributed by atoms with Gasteiger partial charge in [0.25, 0.3) is 0 Å². The molecule has 0 unspecified atom stereocenters. The SMILES string of the molecule is Cc1cn2cc(-c3cc4sc(N(C)C5CCNCC5)nc4cn3)cc(F)c2n1.Cl. The molecule has 0 amide bonds. The van der Waals surface area contributed by atoms with Gasteiger partial charge in [-0.3, -0.25) is 4.98 Å². The first-order valence-corrected chi connectivity index (χ1v) is 10.3. The molecule has 9 heteroatoms. The van der Waals surface area contributed by atoms with Crippen molar-refractivity contribution in [3.05, 3.63) is 42.2 Å². The van der Waals surface area contributed by atoms with Gasteiger partial charge in [-0.05, 0) is 45.0 Å². The third-order valence-electron chi connectivity index (χ3n) is 5.34. The second kappa shape index (κ2) is 7.85. The second-order valence-corrected chi connectivity index (χ2v) is 8.32. The number of hydrogen-bond acceptors (Lipinski definition) is 6. The lowest BCUT2D eigenvalue weighted by molar-refractivity contribution is 0.443. The van der Waals surface area contributed by atoms with Crippen molar-refractivity contribution in [3.8, 4) is 11.3 Å². The maximum Gasteiger partial charge on any atom is 0.186 e. The summed E-state index contributed by atoms with van der Waals surface area (Å²) in [5.41, 5.74) is 3.47. The molecule has 1 fully saturated rings. The van der Waals surface area contributed by atoms with Gasteiger partial charge in [0, 0.05) is 31.0 Å². The third-order valence-corrected chi connectivity index (χ3v) is 6.45. The number of anilines is 1. The molecular weight excluding hydrogens is 411 g/mol. The Bertz CT molecular complexity index is 1170. The van der Waals surface area contributed by atoms with Crippen molar-refractivity contribution in [3.63, 3.8) is 0 Å². The van der Waals surface area contributed by atoms with Crippen LogP contribution in [0.2, 0.25) is 0 Å². The lowest BCUT2D eigenvalue weighted by atomic mass is 10.1. The van der Waals surface area contributed by atoms with Crippen molar-refractivity contribution in [2.24, 2.45) is 0 Å². The third kappa shape index (κ3) is 3.68. The van der Waals surface area contributed by atoms with Gasteiger partial charge in [0.1, 0.15) is 5.52 Å². The summed E-state index contributed by atoms with van der Waals surface area (Å²) in [7, 11) is 2.12. The second-order valence-electron chi connectivity index (χ2n) is 7.32. The first kappa shape index (κ1) is 20.0. The topological polar surface area (TPSA) is 58.4 Å². The number of hydrogen-bond donors (Lipinski definition) is 1. The fourth-order valence-electron chi connectivity index (χ4n) is 3.80. The zero-order valence-corrected chi connectivity index (χ0v) is 17.9. The van der Waals surface area contributed by atoms with E-state index >= 15 is 0 Å². The van der Waals surface area contributed by atoms with E-state index in [4.69, 9.17) is 4.98 Å². The maximum atomic E-state index is 14.4. The van der Waals surface area contributed by atoms with Crippen LogP contribution in [0.15, 0.2) is 30.7 Å². The van der Waals surface area contributed by atoms with Crippen molar-refractivity contribution < 1.29 is 4.39 Å². The first-order chi connectivity index (χ1) is 13.6. The lowest BCUT2D eigenvalue weighted by Crippen LogP contribution is -2.41. The summed E-state index contributed by atoms with van der Waals surface area (Å²) in [5, 5.41) is 4.41. The molecule has 0 atom stereocenters. The predicted molar refractivity (Wildman–Crippen MR) is 118 cm³/mol. The van der Waals surface area contributed by atoms with Gasteiger partial charge in [0.15, 0.2) is 16.6 Å². The minimum atomic E-state index is -0.344. The van der Waals surface area contributed by atoms with Crippen molar-refractivity contribution >= 4 is 44.7 Å². The van der Waals surface area contributed by atoms with Crippen molar-refractivity contribution in [1.29, 1.82) is 0 Å². The first-order valence-electron chi connectivity index (χ1n) is 9.44. The highest BCUT2D eigenvalue weighted by atomic mass is 35.5. The van der Waals surface area contributed by atoms with Crippen molar-refractivity contribution in [2.75, 3.05) is 25.0 Å². The van der Waals surface area contributed by atoms with Crippen LogP contribution in [0.4, 0.5) is 9.52 Å². The van der Waals surface area contributed by atoms with Gasteiger partial charge in [-0.1, -0.05) is 11.3 Å². The molecule has 0 saturated carbocycles. The summed E-state index contributed by atoms with van der Waals surface area (Å²) in [5.74, 6) is -0.344. The highest BCUT2D eigenvalue weighted by Gasteiger charge is 2.21. The number of imidazole rings is 1. The van der Waals surface area contributed by atoms with Crippen LogP contribution in [-0.2, 0) is 0 Å². The number of thiazole rings is 1. The van der Waals surface area contributed by atoms with Crippen molar-refractivity contribution in [1.82, 2.24) is 24.7 Å². The van der Waals surface area contributed by atoms with Crippen LogP contribution in [0.3, 0.4) is 0 Å². The molecule has 5 heterocycles. The highest BCUT2D eigenvalue weighted by molar-refractivity contribution is 7.22. The number of aryl methyl sites for hydroxylation is 1. The van der Waals surface area contributed by atoms with Gasteiger partial charge in [-0.25, -0.2) is 14.4 Å². The smallest absolute Gasteiger partial charge is 0.186 e. The molecule has 152 valence electrons. The van der Waals surface area contributed by atoms with Crippen LogP contribution in [0.1, 0.15) is 18.5 Å². The van der Waals surface area contributed by atoms with E-state index in [2.05, 4.69) is 27.2 Å². The number of aromatic nitrogens is 4. The van der Waals surface area contributed by atoms with Crippen LogP contribution in [0.5, 0.6) is 0 Å². The summed E-state index contributed by atoms with van der Waals surface area (Å²) in [4.78, 5) is 15.8. The molecule has 0 radical (unpaired) electrons. The van der Waals surface area contributed by atoms with Crippen LogP contribution in [-0.4, -0.2) is 45.5 Å². The molecular formula is C20H22ClFN6S. The predicted octanol–water partition coefficient (Wildman–Crippen LogP) is 4.06. The number of piperidine rings is 1. The van der Waals surface area contributed by atoms with Crippen LogP contribution in [0, 0.1) is 12.7 Å². The average Bonchev–Trinajstić information content (AvgIpc) is 3.30.